The lowest BCUT2D eigenvalue weighted by Crippen LogP contribution is -2.22. The van der Waals surface area contributed by atoms with Crippen LogP contribution in [0.4, 0.5) is 5.69 Å². The molecule has 6 nitrogen and oxygen atoms in total. The number of hydrogen-bond donors (Lipinski definition) is 2. The highest BCUT2D eigenvalue weighted by Crippen LogP contribution is 2.15. The molecule has 0 spiro atoms. The molecule has 1 aromatic carbocycles. The van der Waals surface area contributed by atoms with Gasteiger partial charge in [0.05, 0.1) is 17.3 Å². The van der Waals surface area contributed by atoms with Gasteiger partial charge in [0.15, 0.2) is 0 Å². The molecule has 1 amide bonds. The molecule has 0 bridgehead atoms. The summed E-state index contributed by atoms with van der Waals surface area (Å²) in [7, 11) is 0. The van der Waals surface area contributed by atoms with E-state index in [1.54, 1.807) is 35.1 Å². The molecule has 0 atom stereocenters. The van der Waals surface area contributed by atoms with Gasteiger partial charge in [0.2, 0.25) is 0 Å². The molecule has 2 rings (SSSR count). The van der Waals surface area contributed by atoms with E-state index in [9.17, 15) is 9.59 Å². The number of carboxylic acid groups (broad SMARTS) is 1. The zero-order valence-electron chi connectivity index (χ0n) is 13.3. The summed E-state index contributed by atoms with van der Waals surface area (Å²) in [5, 5.41) is 15.6. The maximum atomic E-state index is 12.2. The van der Waals surface area contributed by atoms with Crippen molar-refractivity contribution in [3.8, 4) is 0 Å². The lowest BCUT2D eigenvalue weighted by atomic mass is 10.1. The number of aromatic nitrogens is 2. The van der Waals surface area contributed by atoms with Crippen LogP contribution < -0.4 is 5.32 Å². The Kier molecular flexibility index (Phi) is 4.64. The molecular weight excluding hydrogens is 294 g/mol. The Bertz CT molecular complexity index is 737. The summed E-state index contributed by atoms with van der Waals surface area (Å²) in [6.45, 7) is 6.02. The number of rotatable bonds is 4. The summed E-state index contributed by atoms with van der Waals surface area (Å²) in [6, 6.07) is 6.89. The molecule has 0 fully saturated rings. The van der Waals surface area contributed by atoms with Gasteiger partial charge in [0.1, 0.15) is 0 Å². The monoisotopic (exact) mass is 313 g/mol. The smallest absolute Gasteiger partial charge is 0.328 e. The lowest BCUT2D eigenvalue weighted by molar-refractivity contribution is -0.131. The van der Waals surface area contributed by atoms with Gasteiger partial charge in [-0.25, -0.2) is 4.79 Å². The lowest BCUT2D eigenvalue weighted by Gasteiger charge is -2.18. The number of hydrogen-bond acceptors (Lipinski definition) is 3. The second kappa shape index (κ2) is 6.48. The van der Waals surface area contributed by atoms with Crippen LogP contribution in [0.3, 0.4) is 0 Å². The first kappa shape index (κ1) is 16.5. The number of nitrogens with one attached hydrogen (secondary N) is 1. The average Bonchev–Trinajstić information content (AvgIpc) is 2.96. The first-order valence-electron chi connectivity index (χ1n) is 7.13. The maximum absolute atomic E-state index is 12.2. The van der Waals surface area contributed by atoms with Crippen molar-refractivity contribution in [2.75, 3.05) is 5.32 Å². The number of nitrogens with zero attached hydrogens (tertiary/aromatic N) is 2. The highest BCUT2D eigenvalue weighted by molar-refractivity contribution is 6.04. The molecule has 0 radical (unpaired) electrons. The van der Waals surface area contributed by atoms with Crippen LogP contribution in [0.25, 0.3) is 6.08 Å². The topological polar surface area (TPSA) is 84.2 Å². The van der Waals surface area contributed by atoms with Crippen molar-refractivity contribution in [3.05, 3.63) is 53.9 Å². The largest absolute Gasteiger partial charge is 0.478 e. The van der Waals surface area contributed by atoms with Crippen LogP contribution in [0.1, 0.15) is 36.7 Å². The predicted molar refractivity (Wildman–Crippen MR) is 88.3 cm³/mol. The number of carbonyl (C=O) groups is 2. The standard InChI is InChI=1S/C17H19N3O3/c1-17(2,3)20-11-13(10-18-20)16(23)19-14-7-4-12(5-8-14)6-9-15(21)22/h4-11H,1-3H3,(H,19,23)(H,21,22)/b9-6+. The molecule has 0 unspecified atom stereocenters. The van der Waals surface area contributed by atoms with Crippen LogP contribution in [-0.2, 0) is 10.3 Å². The number of benzene rings is 1. The van der Waals surface area contributed by atoms with Gasteiger partial charge in [-0.2, -0.15) is 5.10 Å². The Morgan fingerprint density at radius 2 is 1.87 bits per heavy atom. The number of carbonyl (C=O) groups excluding carboxylic acids is 1. The third-order valence-electron chi connectivity index (χ3n) is 3.12. The average molecular weight is 313 g/mol. The molecule has 2 aromatic rings. The van der Waals surface area contributed by atoms with Gasteiger partial charge < -0.3 is 10.4 Å². The van der Waals surface area contributed by atoms with Crippen molar-refractivity contribution in [3.63, 3.8) is 0 Å². The fraction of sp³-hybridized carbons (Fsp3) is 0.235. The van der Waals surface area contributed by atoms with Crippen molar-refractivity contribution >= 4 is 23.6 Å². The summed E-state index contributed by atoms with van der Waals surface area (Å²) in [4.78, 5) is 22.7. The SMILES string of the molecule is CC(C)(C)n1cc(C(=O)Nc2ccc(/C=C/C(=O)O)cc2)cn1. The van der Waals surface area contributed by atoms with Crippen LogP contribution >= 0.6 is 0 Å². The summed E-state index contributed by atoms with van der Waals surface area (Å²) < 4.78 is 1.74. The van der Waals surface area contributed by atoms with E-state index in [-0.39, 0.29) is 11.4 Å². The molecule has 23 heavy (non-hydrogen) atoms. The van der Waals surface area contributed by atoms with Crippen molar-refractivity contribution in [1.29, 1.82) is 0 Å². The quantitative estimate of drug-likeness (QED) is 0.850. The van der Waals surface area contributed by atoms with Crippen molar-refractivity contribution < 1.29 is 14.7 Å². The predicted octanol–water partition coefficient (Wildman–Crippen LogP) is 2.99. The van der Waals surface area contributed by atoms with Gasteiger partial charge in [-0.1, -0.05) is 12.1 Å². The van der Waals surface area contributed by atoms with Crippen molar-refractivity contribution in [2.24, 2.45) is 0 Å². The second-order valence-corrected chi connectivity index (χ2v) is 6.09. The maximum Gasteiger partial charge on any atom is 0.328 e. The van der Waals surface area contributed by atoms with Crippen LogP contribution in [0, 0.1) is 0 Å². The second-order valence-electron chi connectivity index (χ2n) is 6.09. The summed E-state index contributed by atoms with van der Waals surface area (Å²) >= 11 is 0. The number of carboxylic acids is 1. The first-order valence-corrected chi connectivity index (χ1v) is 7.13. The summed E-state index contributed by atoms with van der Waals surface area (Å²) in [5.41, 5.74) is 1.67. The number of aliphatic carboxylic acids is 1. The third kappa shape index (κ3) is 4.54. The Balaban J connectivity index is 2.05. The van der Waals surface area contributed by atoms with Gasteiger partial charge in [-0.05, 0) is 44.5 Å². The van der Waals surface area contributed by atoms with E-state index in [4.69, 9.17) is 5.11 Å². The van der Waals surface area contributed by atoms with Gasteiger partial charge in [0.25, 0.3) is 5.91 Å². The normalized spacial score (nSPS) is 11.6. The zero-order chi connectivity index (χ0) is 17.0. The summed E-state index contributed by atoms with van der Waals surface area (Å²) in [5.74, 6) is -1.24. The highest BCUT2D eigenvalue weighted by Gasteiger charge is 2.16. The van der Waals surface area contributed by atoms with E-state index >= 15 is 0 Å². The molecule has 120 valence electrons. The Labute approximate surface area is 134 Å². The zero-order valence-corrected chi connectivity index (χ0v) is 13.3. The van der Waals surface area contributed by atoms with Crippen molar-refractivity contribution in [2.45, 2.75) is 26.3 Å². The molecular formula is C17H19N3O3. The summed E-state index contributed by atoms with van der Waals surface area (Å²) in [6.07, 6.45) is 5.79. The van der Waals surface area contributed by atoms with Gasteiger partial charge in [0, 0.05) is 18.0 Å². The first-order chi connectivity index (χ1) is 10.8. The van der Waals surface area contributed by atoms with Crippen LogP contribution in [0.5, 0.6) is 0 Å². The molecule has 0 aliphatic carbocycles. The molecule has 6 heteroatoms. The van der Waals surface area contributed by atoms with E-state index in [1.807, 2.05) is 20.8 Å². The number of anilines is 1. The Hall–Kier alpha value is -2.89. The Morgan fingerprint density at radius 3 is 2.39 bits per heavy atom. The van der Waals surface area contributed by atoms with E-state index in [0.29, 0.717) is 11.3 Å². The molecule has 1 aromatic heterocycles. The molecule has 1 heterocycles. The molecule has 0 aliphatic heterocycles. The van der Waals surface area contributed by atoms with Gasteiger partial charge in [-0.15, -0.1) is 0 Å². The van der Waals surface area contributed by atoms with Crippen LogP contribution in [0.15, 0.2) is 42.7 Å². The van der Waals surface area contributed by atoms with Crippen LogP contribution in [0.2, 0.25) is 0 Å². The molecule has 0 aliphatic rings. The highest BCUT2D eigenvalue weighted by atomic mass is 16.4. The van der Waals surface area contributed by atoms with Gasteiger partial charge in [-0.3, -0.25) is 9.48 Å². The van der Waals surface area contributed by atoms with E-state index in [0.717, 1.165) is 11.6 Å². The minimum Gasteiger partial charge on any atom is -0.478 e. The molecule has 2 N–H and O–H groups in total. The van der Waals surface area contributed by atoms with Crippen LogP contribution in [-0.4, -0.2) is 26.8 Å². The molecule has 0 saturated carbocycles. The fourth-order valence-electron chi connectivity index (χ4n) is 1.86. The Morgan fingerprint density at radius 1 is 1.22 bits per heavy atom. The minimum atomic E-state index is -1.00. The third-order valence-corrected chi connectivity index (χ3v) is 3.12. The van der Waals surface area contributed by atoms with Crippen molar-refractivity contribution in [1.82, 2.24) is 9.78 Å². The van der Waals surface area contributed by atoms with E-state index in [2.05, 4.69) is 10.4 Å². The van der Waals surface area contributed by atoms with E-state index in [1.165, 1.54) is 12.3 Å². The van der Waals surface area contributed by atoms with Gasteiger partial charge >= 0.3 is 5.97 Å². The molecule has 0 saturated heterocycles. The number of amides is 1. The fourth-order valence-corrected chi connectivity index (χ4v) is 1.86. The van der Waals surface area contributed by atoms with E-state index < -0.39 is 5.97 Å². The minimum absolute atomic E-state index is 0.184.